The molecule has 3 rings (SSSR count). The smallest absolute Gasteiger partial charge is 0.161 e. The van der Waals surface area contributed by atoms with Crippen LogP contribution in [-0.4, -0.2) is 25.9 Å². The molecule has 0 amide bonds. The number of fused-ring (bicyclic) bond motifs is 1. The van der Waals surface area contributed by atoms with Gasteiger partial charge in [-0.1, -0.05) is 0 Å². The average molecular weight is 342 g/mol. The normalized spacial score (nSPS) is 14.2. The van der Waals surface area contributed by atoms with E-state index in [0.717, 1.165) is 43.0 Å². The number of aryl methyl sites for hydroxylation is 2. The van der Waals surface area contributed by atoms with Crippen molar-refractivity contribution in [2.24, 2.45) is 0 Å². The third kappa shape index (κ3) is 4.07. The van der Waals surface area contributed by atoms with E-state index in [1.807, 2.05) is 25.1 Å². The van der Waals surface area contributed by atoms with Gasteiger partial charge in [0.2, 0.25) is 0 Å². The first-order valence-corrected chi connectivity index (χ1v) is 9.05. The highest BCUT2D eigenvalue weighted by atomic mass is 16.5. The second kappa shape index (κ2) is 7.79. The molecule has 1 atom stereocenters. The standard InChI is InChI=1S/C21H27NO3/c1-4-25-20-9-8-15(10-21(20)24-3)13-22(2)14-18-11-16-6-5-7-17(16)12-19(18)23/h8-12,23H,4-7,13-14H2,1-3H3/p+1. The summed E-state index contributed by atoms with van der Waals surface area (Å²) < 4.78 is 11.0. The molecule has 1 aliphatic rings. The molecule has 1 aliphatic carbocycles. The SMILES string of the molecule is CCOc1ccc(C[NH+](C)Cc2cc3c(cc2O)CCC3)cc1OC. The fraction of sp³-hybridized carbons (Fsp3) is 0.429. The van der Waals surface area contributed by atoms with Crippen molar-refractivity contribution in [3.8, 4) is 17.2 Å². The minimum absolute atomic E-state index is 0.435. The molecule has 25 heavy (non-hydrogen) atoms. The Hall–Kier alpha value is -2.20. The Kier molecular flexibility index (Phi) is 5.49. The first-order chi connectivity index (χ1) is 12.1. The number of hydrogen-bond donors (Lipinski definition) is 2. The van der Waals surface area contributed by atoms with Crippen molar-refractivity contribution in [1.29, 1.82) is 0 Å². The van der Waals surface area contributed by atoms with Gasteiger partial charge >= 0.3 is 0 Å². The molecular weight excluding hydrogens is 314 g/mol. The van der Waals surface area contributed by atoms with E-state index in [4.69, 9.17) is 9.47 Å². The zero-order valence-corrected chi connectivity index (χ0v) is 15.4. The van der Waals surface area contributed by atoms with Gasteiger partial charge in [-0.2, -0.15) is 0 Å². The van der Waals surface area contributed by atoms with Crippen molar-refractivity contribution in [3.05, 3.63) is 52.6 Å². The third-order valence-corrected chi connectivity index (χ3v) is 4.82. The van der Waals surface area contributed by atoms with Crippen LogP contribution in [0, 0.1) is 0 Å². The molecule has 0 fully saturated rings. The molecule has 1 unspecified atom stereocenters. The lowest BCUT2D eigenvalue weighted by Gasteiger charge is -2.17. The molecule has 0 radical (unpaired) electrons. The average Bonchev–Trinajstić information content (AvgIpc) is 3.03. The number of nitrogens with one attached hydrogen (secondary N) is 1. The van der Waals surface area contributed by atoms with Crippen molar-refractivity contribution in [3.63, 3.8) is 0 Å². The summed E-state index contributed by atoms with van der Waals surface area (Å²) in [6.07, 6.45) is 3.43. The van der Waals surface area contributed by atoms with Gasteiger partial charge in [0.25, 0.3) is 0 Å². The minimum atomic E-state index is 0.435. The number of methoxy groups -OCH3 is 1. The molecule has 0 bridgehead atoms. The van der Waals surface area contributed by atoms with Gasteiger partial charge in [-0.25, -0.2) is 0 Å². The summed E-state index contributed by atoms with van der Waals surface area (Å²) in [7, 11) is 3.82. The highest BCUT2D eigenvalue weighted by Crippen LogP contribution is 2.29. The number of phenols is 1. The largest absolute Gasteiger partial charge is 0.507 e. The van der Waals surface area contributed by atoms with Crippen LogP contribution in [-0.2, 0) is 25.9 Å². The molecule has 0 aromatic heterocycles. The van der Waals surface area contributed by atoms with E-state index in [-0.39, 0.29) is 0 Å². The van der Waals surface area contributed by atoms with E-state index in [1.54, 1.807) is 7.11 Å². The molecule has 4 heteroatoms. The molecule has 2 aromatic carbocycles. The summed E-state index contributed by atoms with van der Waals surface area (Å²) >= 11 is 0. The first-order valence-electron chi connectivity index (χ1n) is 9.05. The molecule has 0 saturated heterocycles. The number of aromatic hydroxyl groups is 1. The van der Waals surface area contributed by atoms with E-state index < -0.39 is 0 Å². The first kappa shape index (κ1) is 17.6. The zero-order valence-electron chi connectivity index (χ0n) is 15.4. The van der Waals surface area contributed by atoms with Crippen molar-refractivity contribution in [2.75, 3.05) is 20.8 Å². The molecule has 4 nitrogen and oxygen atoms in total. The van der Waals surface area contributed by atoms with Gasteiger partial charge in [-0.3, -0.25) is 0 Å². The second-order valence-corrected chi connectivity index (χ2v) is 6.83. The van der Waals surface area contributed by atoms with Crippen LogP contribution in [0.4, 0.5) is 0 Å². The van der Waals surface area contributed by atoms with Crippen molar-refractivity contribution in [2.45, 2.75) is 39.3 Å². The van der Waals surface area contributed by atoms with Crippen LogP contribution in [0.15, 0.2) is 30.3 Å². The van der Waals surface area contributed by atoms with E-state index >= 15 is 0 Å². The monoisotopic (exact) mass is 342 g/mol. The fourth-order valence-electron chi connectivity index (χ4n) is 3.64. The van der Waals surface area contributed by atoms with Gasteiger partial charge < -0.3 is 19.5 Å². The Bertz CT molecular complexity index is 742. The summed E-state index contributed by atoms with van der Waals surface area (Å²) in [6, 6.07) is 10.2. The summed E-state index contributed by atoms with van der Waals surface area (Å²) in [5.74, 6) is 1.99. The van der Waals surface area contributed by atoms with Gasteiger partial charge in [0.05, 0.1) is 20.8 Å². The predicted molar refractivity (Wildman–Crippen MR) is 98.6 cm³/mol. The predicted octanol–water partition coefficient (Wildman–Crippen LogP) is 2.50. The van der Waals surface area contributed by atoms with Crippen LogP contribution in [0.3, 0.4) is 0 Å². The van der Waals surface area contributed by atoms with Crippen molar-refractivity contribution >= 4 is 0 Å². The topological polar surface area (TPSA) is 43.1 Å². The zero-order chi connectivity index (χ0) is 17.8. The molecule has 134 valence electrons. The minimum Gasteiger partial charge on any atom is -0.507 e. The van der Waals surface area contributed by atoms with E-state index in [1.165, 1.54) is 28.0 Å². The fourth-order valence-corrected chi connectivity index (χ4v) is 3.64. The highest BCUT2D eigenvalue weighted by molar-refractivity contribution is 5.44. The quantitative estimate of drug-likeness (QED) is 0.812. The molecule has 0 heterocycles. The maximum atomic E-state index is 10.3. The van der Waals surface area contributed by atoms with Crippen molar-refractivity contribution in [1.82, 2.24) is 0 Å². The molecular formula is C21H28NO3+. The van der Waals surface area contributed by atoms with E-state index in [0.29, 0.717) is 12.4 Å². The Morgan fingerprint density at radius 1 is 1.04 bits per heavy atom. The maximum absolute atomic E-state index is 10.3. The summed E-state index contributed by atoms with van der Waals surface area (Å²) in [5.41, 5.74) is 4.95. The van der Waals surface area contributed by atoms with Crippen LogP contribution in [0.25, 0.3) is 0 Å². The highest BCUT2D eigenvalue weighted by Gasteiger charge is 2.17. The molecule has 2 N–H and O–H groups in total. The lowest BCUT2D eigenvalue weighted by molar-refractivity contribution is -0.907. The maximum Gasteiger partial charge on any atom is 0.161 e. The lowest BCUT2D eigenvalue weighted by atomic mass is 10.0. The second-order valence-electron chi connectivity index (χ2n) is 6.83. The molecule has 0 aliphatic heterocycles. The number of quaternary nitrogens is 1. The summed E-state index contributed by atoms with van der Waals surface area (Å²) in [6.45, 7) is 4.25. The van der Waals surface area contributed by atoms with Gasteiger partial charge in [0.1, 0.15) is 18.8 Å². The van der Waals surface area contributed by atoms with E-state index in [9.17, 15) is 5.11 Å². The van der Waals surface area contributed by atoms with Crippen LogP contribution in [0.2, 0.25) is 0 Å². The Balaban J connectivity index is 1.69. The summed E-state index contributed by atoms with van der Waals surface area (Å²) in [4.78, 5) is 1.32. The van der Waals surface area contributed by atoms with Crippen LogP contribution in [0.1, 0.15) is 35.6 Å². The van der Waals surface area contributed by atoms with Crippen LogP contribution in [0.5, 0.6) is 17.2 Å². The lowest BCUT2D eigenvalue weighted by Crippen LogP contribution is -3.06. The van der Waals surface area contributed by atoms with Crippen LogP contribution >= 0.6 is 0 Å². The Morgan fingerprint density at radius 3 is 2.52 bits per heavy atom. The van der Waals surface area contributed by atoms with Gasteiger partial charge in [-0.05, 0) is 67.6 Å². The third-order valence-electron chi connectivity index (χ3n) is 4.82. The number of phenolic OH excluding ortho intramolecular Hbond substituents is 1. The number of rotatable bonds is 7. The van der Waals surface area contributed by atoms with Crippen molar-refractivity contribution < 1.29 is 19.5 Å². The Labute approximate surface area is 150 Å². The number of benzene rings is 2. The Morgan fingerprint density at radius 2 is 1.80 bits per heavy atom. The molecule has 2 aromatic rings. The van der Waals surface area contributed by atoms with Gasteiger partial charge in [0, 0.05) is 11.1 Å². The number of ether oxygens (including phenoxy) is 2. The van der Waals surface area contributed by atoms with Crippen LogP contribution < -0.4 is 14.4 Å². The molecule has 0 saturated carbocycles. The molecule has 0 spiro atoms. The van der Waals surface area contributed by atoms with Gasteiger partial charge in [0.15, 0.2) is 11.5 Å². The van der Waals surface area contributed by atoms with E-state index in [2.05, 4.69) is 19.2 Å². The summed E-state index contributed by atoms with van der Waals surface area (Å²) in [5, 5.41) is 10.3. The van der Waals surface area contributed by atoms with Gasteiger partial charge in [-0.15, -0.1) is 0 Å². The number of hydrogen-bond acceptors (Lipinski definition) is 3.